The molecule has 5 unspecified atom stereocenters. The number of carbonyl (C=O) groups excluding carboxylic acids is 6. The minimum absolute atomic E-state index is 0.0203. The first-order valence-electron chi connectivity index (χ1n) is 31.5. The Morgan fingerprint density at radius 2 is 0.957 bits per heavy atom. The first-order valence-corrected chi connectivity index (χ1v) is 31.5. The number of oxime groups is 3. The fraction of sp³-hybridized carbons (Fsp3) is 0.400. The van der Waals surface area contributed by atoms with Crippen molar-refractivity contribution in [2.45, 2.75) is 142 Å². The van der Waals surface area contributed by atoms with E-state index < -0.39 is 34.3 Å². The van der Waals surface area contributed by atoms with Gasteiger partial charge in [0.1, 0.15) is 23.3 Å². The number of anilines is 3. The average Bonchev–Trinajstić information content (AvgIpc) is 1.39. The summed E-state index contributed by atoms with van der Waals surface area (Å²) in [7, 11) is 0. The van der Waals surface area contributed by atoms with Gasteiger partial charge in [0.15, 0.2) is 22.7 Å². The molecular weight excluding hydrogens is 1170 g/mol. The summed E-state index contributed by atoms with van der Waals surface area (Å²) in [4.78, 5) is 122. The van der Waals surface area contributed by atoms with E-state index in [0.29, 0.717) is 93.6 Å². The van der Waals surface area contributed by atoms with Gasteiger partial charge in [-0.3, -0.25) is 43.5 Å². The van der Waals surface area contributed by atoms with E-state index in [1.165, 1.54) is 17.0 Å². The van der Waals surface area contributed by atoms with E-state index in [1.54, 1.807) is 105 Å². The molecule has 92 heavy (non-hydrogen) atoms. The van der Waals surface area contributed by atoms with Crippen LogP contribution >= 0.6 is 0 Å². The Labute approximate surface area is 533 Å². The van der Waals surface area contributed by atoms with E-state index >= 15 is 4.39 Å². The molecule has 3 fully saturated rings. The van der Waals surface area contributed by atoms with Crippen LogP contribution in [-0.4, -0.2) is 141 Å². The number of aromatic nitrogens is 3. The fourth-order valence-corrected chi connectivity index (χ4v) is 13.2. The van der Waals surface area contributed by atoms with Crippen molar-refractivity contribution in [1.82, 2.24) is 30.9 Å². The van der Waals surface area contributed by atoms with Crippen LogP contribution in [0.2, 0.25) is 0 Å². The largest absolute Gasteiger partial charge is 0.381 e. The highest BCUT2D eigenvalue weighted by atomic mass is 19.1. The number of Topliss-reactive ketones (excluding diaryl/α,β-unsaturated/α-hetero) is 3. The number of carbonyl (C=O) groups is 6. The number of rotatable bonds is 16. The van der Waals surface area contributed by atoms with Gasteiger partial charge in [-0.2, -0.15) is 0 Å². The Balaban J connectivity index is 0.711. The van der Waals surface area contributed by atoms with Crippen LogP contribution in [0.5, 0.6) is 0 Å². The maximum absolute atomic E-state index is 16.0. The van der Waals surface area contributed by atoms with E-state index in [1.807, 2.05) is 45.0 Å². The summed E-state index contributed by atoms with van der Waals surface area (Å²) >= 11 is 0. The molecule has 6 aliphatic rings. The molecule has 0 radical (unpaired) electrons. The Bertz CT molecular complexity index is 4060. The second-order valence-electron chi connectivity index (χ2n) is 25.8. The summed E-state index contributed by atoms with van der Waals surface area (Å²) in [6, 6.07) is 22.9. The predicted octanol–water partition coefficient (Wildman–Crippen LogP) is 8.13. The molecule has 5 atom stereocenters. The molecule has 9 heterocycles. The average molecular weight is 1250 g/mol. The Morgan fingerprint density at radius 3 is 1.41 bits per heavy atom. The van der Waals surface area contributed by atoms with Crippen LogP contribution in [0.4, 0.5) is 21.8 Å². The van der Waals surface area contributed by atoms with Crippen molar-refractivity contribution in [3.8, 4) is 0 Å². The van der Waals surface area contributed by atoms with Crippen molar-refractivity contribution in [2.75, 3.05) is 54.0 Å². The van der Waals surface area contributed by atoms with Crippen LogP contribution in [0, 0.1) is 33.5 Å². The molecule has 0 bridgehead atoms. The molecule has 22 heteroatoms. The number of hydrogen-bond donors (Lipinski definition) is 3. The van der Waals surface area contributed by atoms with Crippen molar-refractivity contribution >= 4 is 69.7 Å². The Hall–Kier alpha value is -9.25. The summed E-state index contributed by atoms with van der Waals surface area (Å²) in [5, 5.41) is 22.7. The van der Waals surface area contributed by atoms with E-state index in [9.17, 15) is 28.8 Å². The highest BCUT2D eigenvalue weighted by Crippen LogP contribution is 2.35. The van der Waals surface area contributed by atoms with Crippen LogP contribution < -0.4 is 30.7 Å². The van der Waals surface area contributed by atoms with Gasteiger partial charge >= 0.3 is 0 Å². The van der Waals surface area contributed by atoms with Crippen LogP contribution in [0.15, 0.2) is 119 Å². The van der Waals surface area contributed by atoms with Gasteiger partial charge in [0.25, 0.3) is 17.7 Å². The number of nitrogens with one attached hydrogen (secondary N) is 3. The van der Waals surface area contributed by atoms with Crippen molar-refractivity contribution in [2.24, 2.45) is 15.5 Å². The molecule has 21 nitrogen and oxygen atoms in total. The summed E-state index contributed by atoms with van der Waals surface area (Å²) < 4.78 is 16.0. The third-order valence-corrected chi connectivity index (χ3v) is 18.3. The third kappa shape index (κ3) is 12.1. The molecule has 0 aliphatic carbocycles. The number of hydrogen-bond acceptors (Lipinski definition) is 18. The van der Waals surface area contributed by atoms with Gasteiger partial charge in [-0.25, -0.2) is 19.3 Å². The van der Waals surface area contributed by atoms with Crippen LogP contribution in [0.3, 0.4) is 0 Å². The lowest BCUT2D eigenvalue weighted by Crippen LogP contribution is -2.50. The lowest BCUT2D eigenvalue weighted by molar-refractivity contribution is -0.130. The molecule has 476 valence electrons. The van der Waals surface area contributed by atoms with Gasteiger partial charge in [-0.15, -0.1) is 0 Å². The van der Waals surface area contributed by atoms with Gasteiger partial charge in [0.2, 0.25) is 28.6 Å². The number of halogens is 1. The third-order valence-electron chi connectivity index (χ3n) is 18.3. The zero-order valence-corrected chi connectivity index (χ0v) is 53.0. The first kappa shape index (κ1) is 62.9. The number of benzene rings is 3. The number of pyridine rings is 3. The molecule has 3 aromatic heterocycles. The van der Waals surface area contributed by atoms with Crippen molar-refractivity contribution < 1.29 is 47.7 Å². The van der Waals surface area contributed by atoms with Crippen LogP contribution in [0.1, 0.15) is 147 Å². The molecule has 0 spiro atoms. The minimum atomic E-state index is -1.42. The number of aryl methyl sites for hydroxylation is 4. The molecule has 6 aromatic rings. The maximum atomic E-state index is 16.0. The monoisotopic (exact) mass is 1250 g/mol. The number of piperidine rings is 3. The van der Waals surface area contributed by atoms with Gasteiger partial charge in [0, 0.05) is 78.9 Å². The number of ketones is 3. The van der Waals surface area contributed by atoms with Gasteiger partial charge in [0.05, 0.1) is 23.7 Å². The van der Waals surface area contributed by atoms with Crippen LogP contribution in [0.25, 0.3) is 0 Å². The normalized spacial score (nSPS) is 22.8. The van der Waals surface area contributed by atoms with Gasteiger partial charge in [-0.05, 0) is 189 Å². The molecule has 3 amide bonds. The molecule has 0 saturated carbocycles. The predicted molar refractivity (Wildman–Crippen MR) is 345 cm³/mol. The highest BCUT2D eigenvalue weighted by Gasteiger charge is 2.47. The number of amides is 3. The lowest BCUT2D eigenvalue weighted by atomic mass is 9.88. The van der Waals surface area contributed by atoms with Crippen molar-refractivity contribution in [3.63, 3.8) is 0 Å². The van der Waals surface area contributed by atoms with Gasteiger partial charge in [-0.1, -0.05) is 57.9 Å². The van der Waals surface area contributed by atoms with E-state index in [4.69, 9.17) is 24.5 Å². The van der Waals surface area contributed by atoms with Gasteiger partial charge < -0.3 is 30.5 Å². The van der Waals surface area contributed by atoms with Crippen molar-refractivity contribution in [1.29, 1.82) is 0 Å². The Morgan fingerprint density at radius 1 is 0.511 bits per heavy atom. The van der Waals surface area contributed by atoms with Crippen LogP contribution in [-0.2, 0) is 41.7 Å². The topological polar surface area (TPSA) is 252 Å². The van der Waals surface area contributed by atoms with E-state index in [0.717, 1.165) is 63.4 Å². The summed E-state index contributed by atoms with van der Waals surface area (Å²) in [6.07, 6.45) is 9.97. The molecule has 3 saturated heterocycles. The second kappa shape index (κ2) is 25.4. The minimum Gasteiger partial charge on any atom is -0.381 e. The quantitative estimate of drug-likeness (QED) is 0.0827. The lowest BCUT2D eigenvalue weighted by Gasteiger charge is -2.35. The molecule has 6 aliphatic heterocycles. The first-order chi connectivity index (χ1) is 44.1. The molecular formula is C70H75FN12O9. The zero-order valence-electron chi connectivity index (χ0n) is 53.0. The molecule has 3 aromatic carbocycles. The second-order valence-corrected chi connectivity index (χ2v) is 25.8. The van der Waals surface area contributed by atoms with E-state index in [-0.39, 0.29) is 82.6 Å². The number of nitrogens with zero attached hydrogens (tertiary/aromatic N) is 9. The summed E-state index contributed by atoms with van der Waals surface area (Å²) in [5.74, 6) is -1.52. The maximum Gasteiger partial charge on any atom is 0.262 e. The standard InChI is InChI=1S/C70H75FN12O9/c1-40-13-9-28-75-62(40)82(51-15-11-26-73-38-51)66(88)53-23-21-48(31-41(53)2)58-61(86)70(8,92-80-58)34-44-29-42(3)63(76-35-44)81(50-14-10-25-72-37-50)65(87)47-19-17-46(18-20-47)56-60(85)69(7,91-79-56)33-45-30-43(4)64(77-36-45)83(52-16-12-27-74-39-52)67(89)54-24-22-49(32-55(54)71)57-59(84)68(5,6)90-78-57/h9,13,17-24,28-32,35-36,50-52,72-74H,10-12,14-16,25-27,33-34,37-39H2,1-8H3. The summed E-state index contributed by atoms with van der Waals surface area (Å²) in [5.41, 5.74) is 2.38. The molecule has 3 N–H and O–H groups in total. The Kier molecular flexibility index (Phi) is 17.4. The van der Waals surface area contributed by atoms with Crippen molar-refractivity contribution in [3.05, 3.63) is 176 Å². The fourth-order valence-electron chi connectivity index (χ4n) is 13.2. The summed E-state index contributed by atoms with van der Waals surface area (Å²) in [6.45, 7) is 18.1. The highest BCUT2D eigenvalue weighted by molar-refractivity contribution is 6.50. The zero-order chi connectivity index (χ0) is 64.8. The van der Waals surface area contributed by atoms with E-state index in [2.05, 4.69) is 36.4 Å². The SMILES string of the molecule is Cc1cc(C2=NOC(C)(Cc3cnc(N(C(=O)c4ccc(C5=NOC(C)(Cc6cnc(N(C(=O)c7ccc(C8=NOC(C)(C)C8=O)cc7F)C7CCCNC7)c(C)c6)C5=O)cc4)C4CCCNC4)c(C)c3)C2=O)ccc1C(=O)N(c1ncccc1C)C1CCCNC1. The molecule has 12 rings (SSSR count). The smallest absolute Gasteiger partial charge is 0.262 e.